The smallest absolute Gasteiger partial charge is 0.271 e. The van der Waals surface area contributed by atoms with Crippen LogP contribution in [-0.2, 0) is 6.54 Å². The summed E-state index contributed by atoms with van der Waals surface area (Å²) in [5, 5.41) is 2.83. The molecule has 0 aliphatic heterocycles. The Labute approximate surface area is 118 Å². The second-order valence-corrected chi connectivity index (χ2v) is 4.07. The predicted octanol–water partition coefficient (Wildman–Crippen LogP) is 1.32. The molecule has 4 heteroatoms. The van der Waals surface area contributed by atoms with Gasteiger partial charge in [0.1, 0.15) is 5.69 Å². The molecule has 2 aromatic rings. The summed E-state index contributed by atoms with van der Waals surface area (Å²) in [6, 6.07) is 13.2. The van der Waals surface area contributed by atoms with Crippen LogP contribution >= 0.6 is 0 Å². The number of nitrogens with zero attached hydrogens (tertiary/aromatic N) is 1. The molecule has 0 aliphatic rings. The summed E-state index contributed by atoms with van der Waals surface area (Å²) >= 11 is 0. The van der Waals surface area contributed by atoms with Crippen molar-refractivity contribution >= 4 is 5.91 Å². The minimum absolute atomic E-state index is 0.240. The topological polar surface area (TPSA) is 68.0 Å². The zero-order valence-corrected chi connectivity index (χ0v) is 11.0. The molecule has 1 amide bonds. The van der Waals surface area contributed by atoms with Crippen LogP contribution in [0.25, 0.3) is 0 Å². The Morgan fingerprint density at radius 1 is 1.20 bits per heavy atom. The zero-order chi connectivity index (χ0) is 14.2. The molecule has 0 bridgehead atoms. The van der Waals surface area contributed by atoms with Gasteiger partial charge in [0.25, 0.3) is 5.91 Å². The van der Waals surface area contributed by atoms with E-state index in [0.717, 1.165) is 5.56 Å². The lowest BCUT2D eigenvalue weighted by atomic mass is 10.1. The van der Waals surface area contributed by atoms with Gasteiger partial charge in [-0.05, 0) is 17.7 Å². The number of carbonyl (C=O) groups is 1. The number of rotatable bonds is 3. The van der Waals surface area contributed by atoms with Crippen molar-refractivity contribution in [3.8, 4) is 11.8 Å². The molecule has 1 aromatic carbocycles. The van der Waals surface area contributed by atoms with Crippen molar-refractivity contribution in [2.24, 2.45) is 5.73 Å². The normalized spacial score (nSPS) is 9.45. The van der Waals surface area contributed by atoms with Gasteiger partial charge in [-0.15, -0.1) is 0 Å². The van der Waals surface area contributed by atoms with Crippen molar-refractivity contribution in [2.45, 2.75) is 6.54 Å². The summed E-state index contributed by atoms with van der Waals surface area (Å²) < 4.78 is 0. The van der Waals surface area contributed by atoms with Gasteiger partial charge in [-0.3, -0.25) is 4.79 Å². The van der Waals surface area contributed by atoms with Crippen LogP contribution in [0.15, 0.2) is 48.7 Å². The molecule has 2 rings (SSSR count). The molecule has 0 saturated carbocycles. The monoisotopic (exact) mass is 265 g/mol. The van der Waals surface area contributed by atoms with Crippen LogP contribution in [0, 0.1) is 11.8 Å². The molecule has 0 saturated heterocycles. The van der Waals surface area contributed by atoms with E-state index < -0.39 is 0 Å². The van der Waals surface area contributed by atoms with Gasteiger partial charge >= 0.3 is 0 Å². The van der Waals surface area contributed by atoms with Crippen LogP contribution < -0.4 is 11.1 Å². The maximum absolute atomic E-state index is 12.1. The van der Waals surface area contributed by atoms with Crippen LogP contribution in [0.1, 0.15) is 21.6 Å². The van der Waals surface area contributed by atoms with E-state index in [1.807, 2.05) is 30.3 Å². The fraction of sp³-hybridized carbons (Fsp3) is 0.125. The molecule has 1 heterocycles. The van der Waals surface area contributed by atoms with Crippen LogP contribution in [0.3, 0.4) is 0 Å². The van der Waals surface area contributed by atoms with Crippen LogP contribution in [0.2, 0.25) is 0 Å². The fourth-order valence-electron chi connectivity index (χ4n) is 1.70. The lowest BCUT2D eigenvalue weighted by Gasteiger charge is -2.06. The lowest BCUT2D eigenvalue weighted by Crippen LogP contribution is -2.24. The van der Waals surface area contributed by atoms with Gasteiger partial charge in [-0.1, -0.05) is 42.2 Å². The average Bonchev–Trinajstić information content (AvgIpc) is 2.52. The van der Waals surface area contributed by atoms with E-state index in [1.165, 1.54) is 0 Å². The predicted molar refractivity (Wildman–Crippen MR) is 77.8 cm³/mol. The van der Waals surface area contributed by atoms with Gasteiger partial charge in [-0.2, -0.15) is 0 Å². The Morgan fingerprint density at radius 2 is 2.00 bits per heavy atom. The Balaban J connectivity index is 2.09. The number of nitrogens with one attached hydrogen (secondary N) is 1. The number of aromatic nitrogens is 1. The molecule has 0 unspecified atom stereocenters. The molecule has 4 nitrogen and oxygen atoms in total. The van der Waals surface area contributed by atoms with Crippen molar-refractivity contribution in [3.05, 3.63) is 65.5 Å². The zero-order valence-electron chi connectivity index (χ0n) is 11.0. The van der Waals surface area contributed by atoms with Crippen molar-refractivity contribution in [3.63, 3.8) is 0 Å². The van der Waals surface area contributed by atoms with E-state index in [2.05, 4.69) is 22.1 Å². The van der Waals surface area contributed by atoms with Crippen molar-refractivity contribution in [1.29, 1.82) is 0 Å². The summed E-state index contributed by atoms with van der Waals surface area (Å²) in [6.07, 6.45) is 1.57. The third-order valence-corrected chi connectivity index (χ3v) is 2.64. The van der Waals surface area contributed by atoms with Gasteiger partial charge in [-0.25, -0.2) is 4.98 Å². The fourth-order valence-corrected chi connectivity index (χ4v) is 1.70. The summed E-state index contributed by atoms with van der Waals surface area (Å²) in [5.41, 5.74) is 7.29. The maximum Gasteiger partial charge on any atom is 0.271 e. The number of nitrogens with two attached hydrogens (primary N) is 1. The number of carbonyl (C=O) groups excluding carboxylic acids is 1. The molecule has 0 aliphatic carbocycles. The highest BCUT2D eigenvalue weighted by Gasteiger charge is 2.10. The summed E-state index contributed by atoms with van der Waals surface area (Å²) in [4.78, 5) is 16.2. The molecule has 0 fully saturated rings. The van der Waals surface area contributed by atoms with Crippen LogP contribution in [0.5, 0.6) is 0 Å². The van der Waals surface area contributed by atoms with Gasteiger partial charge in [0, 0.05) is 12.7 Å². The quantitative estimate of drug-likeness (QED) is 0.822. The highest BCUT2D eigenvalue weighted by Crippen LogP contribution is 2.04. The van der Waals surface area contributed by atoms with E-state index in [0.29, 0.717) is 17.8 Å². The molecular formula is C16H15N3O. The molecule has 0 radical (unpaired) electrons. The second kappa shape index (κ2) is 7.07. The van der Waals surface area contributed by atoms with Crippen LogP contribution in [-0.4, -0.2) is 17.4 Å². The average molecular weight is 265 g/mol. The van der Waals surface area contributed by atoms with Gasteiger partial charge < -0.3 is 11.1 Å². The number of benzene rings is 1. The van der Waals surface area contributed by atoms with Gasteiger partial charge in [0.2, 0.25) is 0 Å². The molecule has 0 spiro atoms. The first-order valence-electron chi connectivity index (χ1n) is 6.27. The van der Waals surface area contributed by atoms with E-state index in [4.69, 9.17) is 5.73 Å². The Bertz CT molecular complexity index is 642. The highest BCUT2D eigenvalue weighted by molar-refractivity contribution is 5.94. The number of hydrogen-bond acceptors (Lipinski definition) is 3. The molecule has 20 heavy (non-hydrogen) atoms. The molecule has 0 atom stereocenters. The third kappa shape index (κ3) is 3.67. The molecule has 1 aromatic heterocycles. The maximum atomic E-state index is 12.1. The number of hydrogen-bond donors (Lipinski definition) is 2. The SMILES string of the molecule is NCC#Cc1cccnc1C(=O)NCc1ccccc1. The summed E-state index contributed by atoms with van der Waals surface area (Å²) in [5.74, 6) is 5.35. The van der Waals surface area contributed by atoms with E-state index in [9.17, 15) is 4.79 Å². The van der Waals surface area contributed by atoms with Gasteiger partial charge in [0.15, 0.2) is 0 Å². The molecule has 3 N–H and O–H groups in total. The Hall–Kier alpha value is -2.64. The van der Waals surface area contributed by atoms with Crippen molar-refractivity contribution in [2.75, 3.05) is 6.54 Å². The molecular weight excluding hydrogens is 250 g/mol. The van der Waals surface area contributed by atoms with Crippen LogP contribution in [0.4, 0.5) is 0 Å². The minimum Gasteiger partial charge on any atom is -0.347 e. The first kappa shape index (κ1) is 13.8. The van der Waals surface area contributed by atoms with Gasteiger partial charge in [0.05, 0.1) is 12.1 Å². The lowest BCUT2D eigenvalue weighted by molar-refractivity contribution is 0.0945. The minimum atomic E-state index is -0.240. The Kier molecular flexibility index (Phi) is 4.87. The molecule has 100 valence electrons. The number of pyridine rings is 1. The van der Waals surface area contributed by atoms with Crippen molar-refractivity contribution in [1.82, 2.24) is 10.3 Å². The second-order valence-electron chi connectivity index (χ2n) is 4.07. The van der Waals surface area contributed by atoms with E-state index in [1.54, 1.807) is 18.3 Å². The van der Waals surface area contributed by atoms with E-state index in [-0.39, 0.29) is 12.5 Å². The largest absolute Gasteiger partial charge is 0.347 e. The number of amides is 1. The summed E-state index contributed by atoms with van der Waals surface area (Å²) in [6.45, 7) is 0.708. The van der Waals surface area contributed by atoms with E-state index >= 15 is 0 Å². The third-order valence-electron chi connectivity index (χ3n) is 2.64. The highest BCUT2D eigenvalue weighted by atomic mass is 16.1. The Morgan fingerprint density at radius 3 is 2.75 bits per heavy atom. The first-order chi connectivity index (χ1) is 9.81. The van der Waals surface area contributed by atoms with Crippen molar-refractivity contribution < 1.29 is 4.79 Å². The standard InChI is InChI=1S/C16H15N3O/c17-10-4-8-14-9-5-11-18-15(14)16(20)19-12-13-6-2-1-3-7-13/h1-3,5-7,9,11H,10,12,17H2,(H,19,20). The summed E-state index contributed by atoms with van der Waals surface area (Å²) in [7, 11) is 0. The first-order valence-corrected chi connectivity index (χ1v) is 6.27.